The monoisotopic (exact) mass is 290 g/mol. The number of hydrogen-bond acceptors (Lipinski definition) is 2. The highest BCUT2D eigenvalue weighted by Crippen LogP contribution is 2.62. The third-order valence-corrected chi connectivity index (χ3v) is 5.03. The van der Waals surface area contributed by atoms with Gasteiger partial charge < -0.3 is 15.7 Å². The standard InChI is InChI=1S/C16H22N2O3/c1-9-6-7-10(12(19)20)8-11(9)17-14(21)18-13-15(2,3)16(13,4)5/h6-8,13H,1-5H3,(H,19,20)(H2,17,18,21). The smallest absolute Gasteiger partial charge is 0.335 e. The molecule has 0 atom stereocenters. The van der Waals surface area contributed by atoms with Crippen LogP contribution >= 0.6 is 0 Å². The summed E-state index contributed by atoms with van der Waals surface area (Å²) in [5.41, 5.74) is 1.61. The fraction of sp³-hybridized carbons (Fsp3) is 0.500. The number of hydrogen-bond donors (Lipinski definition) is 3. The Hall–Kier alpha value is -2.04. The van der Waals surface area contributed by atoms with Crippen LogP contribution in [0.5, 0.6) is 0 Å². The van der Waals surface area contributed by atoms with Crippen LogP contribution in [0.25, 0.3) is 0 Å². The van der Waals surface area contributed by atoms with E-state index in [1.165, 1.54) is 12.1 Å². The number of amides is 2. The average Bonchev–Trinajstić information content (AvgIpc) is 2.74. The zero-order valence-corrected chi connectivity index (χ0v) is 13.1. The highest BCUT2D eigenvalue weighted by atomic mass is 16.4. The van der Waals surface area contributed by atoms with Gasteiger partial charge in [0.05, 0.1) is 5.56 Å². The third kappa shape index (κ3) is 2.60. The van der Waals surface area contributed by atoms with Crippen molar-refractivity contribution in [2.75, 3.05) is 5.32 Å². The first-order valence-electron chi connectivity index (χ1n) is 6.99. The lowest BCUT2D eigenvalue weighted by molar-refractivity contribution is 0.0697. The molecule has 2 amide bonds. The number of carboxylic acids is 1. The van der Waals surface area contributed by atoms with Gasteiger partial charge in [-0.05, 0) is 35.4 Å². The number of carboxylic acid groups (broad SMARTS) is 1. The van der Waals surface area contributed by atoms with Gasteiger partial charge in [0, 0.05) is 11.7 Å². The Kier molecular flexibility index (Phi) is 3.48. The van der Waals surface area contributed by atoms with Crippen molar-refractivity contribution in [3.8, 4) is 0 Å². The normalized spacial score (nSPS) is 18.9. The first-order chi connectivity index (χ1) is 9.57. The molecular weight excluding hydrogens is 268 g/mol. The summed E-state index contributed by atoms with van der Waals surface area (Å²) in [6, 6.07) is 4.48. The van der Waals surface area contributed by atoms with Crippen LogP contribution in [0.1, 0.15) is 43.6 Å². The molecule has 1 aromatic carbocycles. The van der Waals surface area contributed by atoms with Crippen LogP contribution in [-0.2, 0) is 0 Å². The quantitative estimate of drug-likeness (QED) is 0.799. The van der Waals surface area contributed by atoms with Crippen molar-refractivity contribution >= 4 is 17.7 Å². The lowest BCUT2D eigenvalue weighted by atomic mass is 10.0. The van der Waals surface area contributed by atoms with Crippen molar-refractivity contribution in [3.63, 3.8) is 0 Å². The van der Waals surface area contributed by atoms with E-state index < -0.39 is 5.97 Å². The van der Waals surface area contributed by atoms with Gasteiger partial charge >= 0.3 is 12.0 Å². The second-order valence-electron chi connectivity index (χ2n) is 6.81. The highest BCUT2D eigenvalue weighted by molar-refractivity contribution is 5.94. The molecule has 1 aromatic rings. The van der Waals surface area contributed by atoms with Crippen molar-refractivity contribution < 1.29 is 14.7 Å². The Morgan fingerprint density at radius 2 is 1.71 bits per heavy atom. The Labute approximate surface area is 124 Å². The number of benzene rings is 1. The fourth-order valence-corrected chi connectivity index (χ4v) is 2.74. The molecule has 1 aliphatic carbocycles. The molecule has 1 fully saturated rings. The number of carbonyl (C=O) groups excluding carboxylic acids is 1. The molecule has 114 valence electrons. The Bertz CT molecular complexity index is 592. The molecule has 0 unspecified atom stereocenters. The van der Waals surface area contributed by atoms with Gasteiger partial charge in [-0.2, -0.15) is 0 Å². The number of aryl methyl sites for hydroxylation is 1. The molecule has 0 bridgehead atoms. The van der Waals surface area contributed by atoms with Crippen molar-refractivity contribution in [1.29, 1.82) is 0 Å². The van der Waals surface area contributed by atoms with E-state index in [1.54, 1.807) is 6.07 Å². The fourth-order valence-electron chi connectivity index (χ4n) is 2.74. The van der Waals surface area contributed by atoms with Crippen LogP contribution < -0.4 is 10.6 Å². The molecule has 0 radical (unpaired) electrons. The molecule has 1 saturated carbocycles. The first-order valence-corrected chi connectivity index (χ1v) is 6.99. The van der Waals surface area contributed by atoms with Crippen molar-refractivity contribution in [3.05, 3.63) is 29.3 Å². The summed E-state index contributed by atoms with van der Waals surface area (Å²) in [6.45, 7) is 10.3. The van der Waals surface area contributed by atoms with Gasteiger partial charge in [0.25, 0.3) is 0 Å². The lowest BCUT2D eigenvalue weighted by Gasteiger charge is -2.11. The van der Waals surface area contributed by atoms with E-state index in [0.29, 0.717) is 5.69 Å². The molecule has 0 spiro atoms. The summed E-state index contributed by atoms with van der Waals surface area (Å²) in [7, 11) is 0. The second kappa shape index (κ2) is 4.76. The zero-order valence-electron chi connectivity index (χ0n) is 13.1. The molecule has 0 aromatic heterocycles. The van der Waals surface area contributed by atoms with Crippen molar-refractivity contribution in [2.24, 2.45) is 10.8 Å². The molecule has 0 heterocycles. The van der Waals surface area contributed by atoms with Gasteiger partial charge in [0.2, 0.25) is 0 Å². The van der Waals surface area contributed by atoms with E-state index in [9.17, 15) is 9.59 Å². The number of aromatic carboxylic acids is 1. The highest BCUT2D eigenvalue weighted by Gasteiger charge is 2.65. The Morgan fingerprint density at radius 1 is 1.14 bits per heavy atom. The minimum Gasteiger partial charge on any atom is -0.478 e. The SMILES string of the molecule is Cc1ccc(C(=O)O)cc1NC(=O)NC1C(C)(C)C1(C)C. The van der Waals surface area contributed by atoms with Gasteiger partial charge in [0.15, 0.2) is 0 Å². The van der Waals surface area contributed by atoms with Crippen LogP contribution in [0.4, 0.5) is 10.5 Å². The van der Waals surface area contributed by atoms with Gasteiger partial charge in [0.1, 0.15) is 0 Å². The van der Waals surface area contributed by atoms with E-state index in [-0.39, 0.29) is 28.5 Å². The third-order valence-electron chi connectivity index (χ3n) is 5.03. The minimum atomic E-state index is -1.01. The van der Waals surface area contributed by atoms with E-state index in [1.807, 2.05) is 6.92 Å². The van der Waals surface area contributed by atoms with Crippen LogP contribution in [0.2, 0.25) is 0 Å². The number of urea groups is 1. The molecule has 21 heavy (non-hydrogen) atoms. The van der Waals surface area contributed by atoms with Crippen LogP contribution in [0.3, 0.4) is 0 Å². The van der Waals surface area contributed by atoms with Crippen molar-refractivity contribution in [2.45, 2.75) is 40.7 Å². The van der Waals surface area contributed by atoms with Crippen LogP contribution in [0.15, 0.2) is 18.2 Å². The van der Waals surface area contributed by atoms with E-state index in [2.05, 4.69) is 38.3 Å². The maximum Gasteiger partial charge on any atom is 0.335 e. The number of anilines is 1. The lowest BCUT2D eigenvalue weighted by Crippen LogP contribution is -2.34. The van der Waals surface area contributed by atoms with Crippen LogP contribution in [-0.4, -0.2) is 23.1 Å². The second-order valence-corrected chi connectivity index (χ2v) is 6.81. The molecule has 0 saturated heterocycles. The molecule has 0 aliphatic heterocycles. The molecule has 3 N–H and O–H groups in total. The van der Waals surface area contributed by atoms with Gasteiger partial charge in [-0.25, -0.2) is 9.59 Å². The predicted molar refractivity (Wildman–Crippen MR) is 81.6 cm³/mol. The van der Waals surface area contributed by atoms with Crippen LogP contribution in [0, 0.1) is 17.8 Å². The summed E-state index contributed by atoms with van der Waals surface area (Å²) >= 11 is 0. The molecular formula is C16H22N2O3. The Morgan fingerprint density at radius 3 is 2.19 bits per heavy atom. The number of rotatable bonds is 3. The maximum absolute atomic E-state index is 12.1. The molecule has 1 aliphatic rings. The topological polar surface area (TPSA) is 78.4 Å². The average molecular weight is 290 g/mol. The molecule has 2 rings (SSSR count). The largest absolute Gasteiger partial charge is 0.478 e. The summed E-state index contributed by atoms with van der Waals surface area (Å²) in [6.07, 6.45) is 0. The first kappa shape index (κ1) is 15.4. The summed E-state index contributed by atoms with van der Waals surface area (Å²) in [5.74, 6) is -1.01. The Balaban J connectivity index is 2.07. The van der Waals surface area contributed by atoms with Crippen molar-refractivity contribution in [1.82, 2.24) is 5.32 Å². The van der Waals surface area contributed by atoms with Gasteiger partial charge in [-0.1, -0.05) is 33.8 Å². The summed E-state index contributed by atoms with van der Waals surface area (Å²) in [5, 5.41) is 14.7. The molecule has 5 heteroatoms. The number of nitrogens with one attached hydrogen (secondary N) is 2. The zero-order chi connectivity index (χ0) is 16.0. The van der Waals surface area contributed by atoms with E-state index in [0.717, 1.165) is 5.56 Å². The van der Waals surface area contributed by atoms with E-state index in [4.69, 9.17) is 5.11 Å². The maximum atomic E-state index is 12.1. The number of carbonyl (C=O) groups is 2. The predicted octanol–water partition coefficient (Wildman–Crippen LogP) is 3.25. The minimum absolute atomic E-state index is 0.0578. The van der Waals surface area contributed by atoms with Gasteiger partial charge in [-0.3, -0.25) is 0 Å². The summed E-state index contributed by atoms with van der Waals surface area (Å²) < 4.78 is 0. The van der Waals surface area contributed by atoms with E-state index >= 15 is 0 Å². The van der Waals surface area contributed by atoms with Gasteiger partial charge in [-0.15, -0.1) is 0 Å². The summed E-state index contributed by atoms with van der Waals surface area (Å²) in [4.78, 5) is 23.1. The molecule has 5 nitrogen and oxygen atoms in total.